The van der Waals surface area contributed by atoms with Gasteiger partial charge in [0.25, 0.3) is 0 Å². The first-order valence-corrected chi connectivity index (χ1v) is 10.6. The predicted octanol–water partition coefficient (Wildman–Crippen LogP) is 3.78. The van der Waals surface area contributed by atoms with Crippen LogP contribution in [0, 0.1) is 19.8 Å². The summed E-state index contributed by atoms with van der Waals surface area (Å²) in [6.45, 7) is 5.94. The standard InChI is InChI=1S/C24H28N2O4/c1-15-11-21(17(3)26(15)20-9-10-20)22(27)14-30-24(29)19-12-23(28)25(13-19)16(2)18-7-5-4-6-8-18/h4-8,11,16,19-20H,9-10,12-14H2,1-3H3/t16-,19-/m0/s1. The number of amides is 1. The Labute approximate surface area is 176 Å². The molecule has 1 saturated carbocycles. The van der Waals surface area contributed by atoms with Crippen LogP contribution in [0.2, 0.25) is 0 Å². The fourth-order valence-electron chi connectivity index (χ4n) is 4.46. The molecule has 4 rings (SSSR count). The number of likely N-dealkylation sites (tertiary alicyclic amines) is 1. The quantitative estimate of drug-likeness (QED) is 0.517. The van der Waals surface area contributed by atoms with Gasteiger partial charge in [-0.25, -0.2) is 0 Å². The van der Waals surface area contributed by atoms with Crippen molar-refractivity contribution in [1.29, 1.82) is 0 Å². The molecule has 1 aliphatic carbocycles. The van der Waals surface area contributed by atoms with E-state index in [4.69, 9.17) is 4.74 Å². The van der Waals surface area contributed by atoms with E-state index < -0.39 is 11.9 Å². The van der Waals surface area contributed by atoms with Crippen molar-refractivity contribution in [2.24, 2.45) is 5.92 Å². The number of ketones is 1. The first kappa shape index (κ1) is 20.4. The van der Waals surface area contributed by atoms with Crippen LogP contribution in [0.5, 0.6) is 0 Å². The number of aromatic nitrogens is 1. The van der Waals surface area contributed by atoms with Crippen molar-refractivity contribution in [3.05, 3.63) is 58.9 Å². The fraction of sp³-hybridized carbons (Fsp3) is 0.458. The van der Waals surface area contributed by atoms with Crippen LogP contribution in [0.15, 0.2) is 36.4 Å². The maximum atomic E-state index is 12.6. The highest BCUT2D eigenvalue weighted by Gasteiger charge is 2.38. The average molecular weight is 408 g/mol. The molecular weight excluding hydrogens is 380 g/mol. The van der Waals surface area contributed by atoms with E-state index in [9.17, 15) is 14.4 Å². The lowest BCUT2D eigenvalue weighted by Gasteiger charge is -2.25. The van der Waals surface area contributed by atoms with E-state index in [0.717, 1.165) is 29.8 Å². The van der Waals surface area contributed by atoms with E-state index in [0.29, 0.717) is 18.2 Å². The van der Waals surface area contributed by atoms with E-state index in [1.54, 1.807) is 4.90 Å². The molecule has 6 nitrogen and oxygen atoms in total. The highest BCUT2D eigenvalue weighted by Crippen LogP contribution is 2.38. The van der Waals surface area contributed by atoms with Crippen LogP contribution in [-0.2, 0) is 14.3 Å². The Morgan fingerprint density at radius 1 is 1.17 bits per heavy atom. The summed E-state index contributed by atoms with van der Waals surface area (Å²) >= 11 is 0. The minimum atomic E-state index is -0.532. The van der Waals surface area contributed by atoms with Gasteiger partial charge in [-0.1, -0.05) is 30.3 Å². The molecule has 2 fully saturated rings. The van der Waals surface area contributed by atoms with Gasteiger partial charge in [0.15, 0.2) is 6.61 Å². The highest BCUT2D eigenvalue weighted by atomic mass is 16.5. The summed E-state index contributed by atoms with van der Waals surface area (Å²) in [5, 5.41) is 0. The molecule has 1 saturated heterocycles. The summed E-state index contributed by atoms with van der Waals surface area (Å²) in [7, 11) is 0. The van der Waals surface area contributed by atoms with Crippen molar-refractivity contribution in [2.45, 2.75) is 52.1 Å². The Morgan fingerprint density at radius 2 is 1.87 bits per heavy atom. The molecule has 6 heteroatoms. The molecule has 0 unspecified atom stereocenters. The summed E-state index contributed by atoms with van der Waals surface area (Å²) in [6, 6.07) is 12.0. The van der Waals surface area contributed by atoms with Crippen LogP contribution >= 0.6 is 0 Å². The topological polar surface area (TPSA) is 68.6 Å². The number of ether oxygens (including phenoxy) is 1. The number of rotatable bonds is 7. The molecule has 30 heavy (non-hydrogen) atoms. The lowest BCUT2D eigenvalue weighted by molar-refractivity contribution is -0.147. The predicted molar refractivity (Wildman–Crippen MR) is 112 cm³/mol. The Bertz CT molecular complexity index is 975. The average Bonchev–Trinajstić information content (AvgIpc) is 3.43. The van der Waals surface area contributed by atoms with E-state index in [2.05, 4.69) is 4.57 Å². The minimum absolute atomic E-state index is 0.0624. The fourth-order valence-corrected chi connectivity index (χ4v) is 4.46. The van der Waals surface area contributed by atoms with Crippen molar-refractivity contribution in [3.63, 3.8) is 0 Å². The highest BCUT2D eigenvalue weighted by molar-refractivity contribution is 5.99. The van der Waals surface area contributed by atoms with Gasteiger partial charge in [-0.15, -0.1) is 0 Å². The number of benzene rings is 1. The van der Waals surface area contributed by atoms with Gasteiger partial charge in [-0.2, -0.15) is 0 Å². The number of hydrogen-bond acceptors (Lipinski definition) is 4. The van der Waals surface area contributed by atoms with Gasteiger partial charge >= 0.3 is 5.97 Å². The summed E-state index contributed by atoms with van der Waals surface area (Å²) in [5.41, 5.74) is 3.65. The van der Waals surface area contributed by atoms with Gasteiger partial charge in [0.05, 0.1) is 12.0 Å². The van der Waals surface area contributed by atoms with Crippen molar-refractivity contribution < 1.29 is 19.1 Å². The number of aryl methyl sites for hydroxylation is 1. The molecule has 158 valence electrons. The van der Waals surface area contributed by atoms with E-state index in [-0.39, 0.29) is 30.8 Å². The zero-order valence-electron chi connectivity index (χ0n) is 17.8. The second-order valence-electron chi connectivity index (χ2n) is 8.45. The van der Waals surface area contributed by atoms with Crippen LogP contribution in [-0.4, -0.2) is 40.3 Å². The van der Waals surface area contributed by atoms with Gasteiger partial charge in [-0.05, 0) is 45.2 Å². The third kappa shape index (κ3) is 3.91. The smallest absolute Gasteiger partial charge is 0.311 e. The normalized spacial score (nSPS) is 19.8. The molecular formula is C24H28N2O4. The molecule has 0 bridgehead atoms. The number of nitrogens with zero attached hydrogens (tertiary/aromatic N) is 2. The van der Waals surface area contributed by atoms with E-state index in [1.807, 2.05) is 57.2 Å². The van der Waals surface area contributed by atoms with Crippen LogP contribution < -0.4 is 0 Å². The van der Waals surface area contributed by atoms with Crippen molar-refractivity contribution in [1.82, 2.24) is 9.47 Å². The summed E-state index contributed by atoms with van der Waals surface area (Å²) in [6.07, 6.45) is 2.42. The van der Waals surface area contributed by atoms with Gasteiger partial charge in [0, 0.05) is 36.0 Å². The maximum absolute atomic E-state index is 12.6. The number of carbonyl (C=O) groups excluding carboxylic acids is 3. The molecule has 1 aromatic carbocycles. The minimum Gasteiger partial charge on any atom is -0.457 e. The lowest BCUT2D eigenvalue weighted by atomic mass is 10.1. The van der Waals surface area contributed by atoms with Gasteiger partial charge in [0.1, 0.15) is 0 Å². The van der Waals surface area contributed by atoms with Gasteiger partial charge in [0.2, 0.25) is 11.7 Å². The van der Waals surface area contributed by atoms with Crippen LogP contribution in [0.1, 0.15) is 65.6 Å². The molecule has 1 aliphatic heterocycles. The third-order valence-corrected chi connectivity index (χ3v) is 6.28. The number of carbonyl (C=O) groups is 3. The molecule has 2 aliphatic rings. The number of hydrogen-bond donors (Lipinski definition) is 0. The molecule has 1 amide bonds. The number of Topliss-reactive ketones (excluding diaryl/α,β-unsaturated/α-hetero) is 1. The zero-order valence-corrected chi connectivity index (χ0v) is 17.8. The summed E-state index contributed by atoms with van der Waals surface area (Å²) in [4.78, 5) is 39.4. The second kappa shape index (κ2) is 8.09. The molecule has 1 aromatic heterocycles. The third-order valence-electron chi connectivity index (χ3n) is 6.28. The van der Waals surface area contributed by atoms with Gasteiger partial charge < -0.3 is 14.2 Å². The molecule has 2 atom stereocenters. The molecule has 2 heterocycles. The molecule has 0 spiro atoms. The van der Waals surface area contributed by atoms with Gasteiger partial charge in [-0.3, -0.25) is 14.4 Å². The molecule has 0 N–H and O–H groups in total. The molecule has 0 radical (unpaired) electrons. The van der Waals surface area contributed by atoms with Crippen LogP contribution in [0.25, 0.3) is 0 Å². The summed E-state index contributed by atoms with van der Waals surface area (Å²) < 4.78 is 7.53. The largest absolute Gasteiger partial charge is 0.457 e. The summed E-state index contributed by atoms with van der Waals surface area (Å²) in [5.74, 6) is -1.26. The zero-order chi connectivity index (χ0) is 21.4. The Balaban J connectivity index is 1.35. The maximum Gasteiger partial charge on any atom is 0.311 e. The number of esters is 1. The van der Waals surface area contributed by atoms with E-state index >= 15 is 0 Å². The SMILES string of the molecule is Cc1cc(C(=O)COC(=O)[C@H]2CC(=O)N([C@@H](C)c3ccccc3)C2)c(C)n1C1CC1. The second-order valence-corrected chi connectivity index (χ2v) is 8.45. The first-order chi connectivity index (χ1) is 14.4. The molecule has 2 aromatic rings. The van der Waals surface area contributed by atoms with Crippen LogP contribution in [0.3, 0.4) is 0 Å². The first-order valence-electron chi connectivity index (χ1n) is 10.6. The van der Waals surface area contributed by atoms with Crippen molar-refractivity contribution >= 4 is 17.7 Å². The Hall–Kier alpha value is -2.89. The lowest BCUT2D eigenvalue weighted by Crippen LogP contribution is -2.30. The van der Waals surface area contributed by atoms with Crippen LogP contribution in [0.4, 0.5) is 0 Å². The Kier molecular flexibility index (Phi) is 5.50. The monoisotopic (exact) mass is 408 g/mol. The van der Waals surface area contributed by atoms with Crippen molar-refractivity contribution in [2.75, 3.05) is 13.2 Å². The Morgan fingerprint density at radius 3 is 2.53 bits per heavy atom. The van der Waals surface area contributed by atoms with E-state index in [1.165, 1.54) is 0 Å². The van der Waals surface area contributed by atoms with Crippen molar-refractivity contribution in [3.8, 4) is 0 Å².